The van der Waals surface area contributed by atoms with Gasteiger partial charge in [0, 0.05) is 6.54 Å². The number of benzene rings is 2. The van der Waals surface area contributed by atoms with Crippen LogP contribution >= 0.6 is 11.6 Å². The van der Waals surface area contributed by atoms with Crippen molar-refractivity contribution in [1.82, 2.24) is 4.72 Å². The fourth-order valence-electron chi connectivity index (χ4n) is 2.39. The molecule has 0 unspecified atom stereocenters. The zero-order valence-electron chi connectivity index (χ0n) is 14.1. The van der Waals surface area contributed by atoms with Crippen LogP contribution in [0.3, 0.4) is 0 Å². The van der Waals surface area contributed by atoms with E-state index in [4.69, 9.17) is 11.6 Å². The van der Waals surface area contributed by atoms with E-state index in [1.54, 1.807) is 0 Å². The molecule has 2 aromatic rings. The minimum Gasteiger partial charge on any atom is -0.465 e. The van der Waals surface area contributed by atoms with Crippen LogP contribution in [0.5, 0.6) is 0 Å². The number of aryl methyl sites for hydroxylation is 2. The highest BCUT2D eigenvalue weighted by atomic mass is 35.5. The first-order valence-corrected chi connectivity index (χ1v) is 9.62. The molecule has 0 aliphatic carbocycles. The van der Waals surface area contributed by atoms with Gasteiger partial charge < -0.3 is 4.74 Å². The van der Waals surface area contributed by atoms with Crippen LogP contribution in [0.25, 0.3) is 0 Å². The van der Waals surface area contributed by atoms with Gasteiger partial charge in [-0.1, -0.05) is 41.4 Å². The monoisotopic (exact) mass is 381 g/mol. The highest BCUT2D eigenvalue weighted by molar-refractivity contribution is 7.89. The summed E-state index contributed by atoms with van der Waals surface area (Å²) in [5.74, 6) is -0.679. The number of halogens is 1. The molecule has 1 N–H and O–H groups in total. The molecule has 0 bridgehead atoms. The van der Waals surface area contributed by atoms with Gasteiger partial charge in [-0.3, -0.25) is 0 Å². The second-order valence-corrected chi connectivity index (χ2v) is 7.80. The van der Waals surface area contributed by atoms with Crippen molar-refractivity contribution in [2.45, 2.75) is 24.7 Å². The Morgan fingerprint density at radius 3 is 2.64 bits per heavy atom. The van der Waals surface area contributed by atoms with E-state index in [1.165, 1.54) is 36.4 Å². The molecule has 7 heteroatoms. The quantitative estimate of drug-likeness (QED) is 0.589. The third-order valence-corrected chi connectivity index (χ3v) is 5.46. The molecule has 2 rings (SSSR count). The highest BCUT2D eigenvalue weighted by Gasteiger charge is 2.18. The number of sulfonamides is 1. The van der Waals surface area contributed by atoms with E-state index in [0.717, 1.165) is 6.42 Å². The molecule has 2 aromatic carbocycles. The lowest BCUT2D eigenvalue weighted by Crippen LogP contribution is -2.25. The first-order chi connectivity index (χ1) is 11.8. The van der Waals surface area contributed by atoms with Gasteiger partial charge in [0.1, 0.15) is 0 Å². The van der Waals surface area contributed by atoms with E-state index >= 15 is 0 Å². The fourth-order valence-corrected chi connectivity index (χ4v) is 3.68. The summed E-state index contributed by atoms with van der Waals surface area (Å²) in [5, 5.41) is 0.144. The highest BCUT2D eigenvalue weighted by Crippen LogP contribution is 2.21. The number of carbonyl (C=O) groups is 1. The van der Waals surface area contributed by atoms with Crippen molar-refractivity contribution in [1.29, 1.82) is 0 Å². The Labute approximate surface area is 153 Å². The SMILES string of the molecule is COC(=O)c1cc(S(=O)(=O)NCCCc2cccc(C)c2)ccc1Cl. The normalized spacial score (nSPS) is 11.3. The Morgan fingerprint density at radius 2 is 1.96 bits per heavy atom. The van der Waals surface area contributed by atoms with Gasteiger partial charge >= 0.3 is 5.97 Å². The molecule has 0 saturated heterocycles. The molecule has 0 aromatic heterocycles. The summed E-state index contributed by atoms with van der Waals surface area (Å²) in [5.41, 5.74) is 2.36. The van der Waals surface area contributed by atoms with Crippen LogP contribution in [-0.2, 0) is 21.2 Å². The van der Waals surface area contributed by atoms with Gasteiger partial charge in [0.2, 0.25) is 10.0 Å². The number of carbonyl (C=O) groups excluding carboxylic acids is 1. The second kappa shape index (κ2) is 8.47. The lowest BCUT2D eigenvalue weighted by Gasteiger charge is -2.09. The average Bonchev–Trinajstić information content (AvgIpc) is 2.58. The van der Waals surface area contributed by atoms with Crippen molar-refractivity contribution >= 4 is 27.6 Å². The van der Waals surface area contributed by atoms with Crippen molar-refractivity contribution in [3.8, 4) is 0 Å². The van der Waals surface area contributed by atoms with Gasteiger partial charge in [-0.25, -0.2) is 17.9 Å². The third-order valence-electron chi connectivity index (χ3n) is 3.67. The summed E-state index contributed by atoms with van der Waals surface area (Å²) in [6.07, 6.45) is 1.44. The van der Waals surface area contributed by atoms with Crippen LogP contribution in [-0.4, -0.2) is 28.0 Å². The number of hydrogen-bond acceptors (Lipinski definition) is 4. The topological polar surface area (TPSA) is 72.5 Å². The smallest absolute Gasteiger partial charge is 0.339 e. The number of methoxy groups -OCH3 is 1. The van der Waals surface area contributed by atoms with Crippen LogP contribution in [0.1, 0.15) is 27.9 Å². The fraction of sp³-hybridized carbons (Fsp3) is 0.278. The maximum Gasteiger partial charge on any atom is 0.339 e. The van der Waals surface area contributed by atoms with E-state index in [2.05, 4.69) is 15.5 Å². The molecule has 0 spiro atoms. The van der Waals surface area contributed by atoms with Crippen molar-refractivity contribution < 1.29 is 17.9 Å². The van der Waals surface area contributed by atoms with Crippen molar-refractivity contribution in [3.63, 3.8) is 0 Å². The van der Waals surface area contributed by atoms with Crippen molar-refractivity contribution in [3.05, 3.63) is 64.2 Å². The van der Waals surface area contributed by atoms with Gasteiger partial charge in [-0.05, 0) is 43.5 Å². The summed E-state index contributed by atoms with van der Waals surface area (Å²) >= 11 is 5.91. The molecule has 0 heterocycles. The van der Waals surface area contributed by atoms with Gasteiger partial charge in [0.15, 0.2) is 0 Å². The van der Waals surface area contributed by atoms with Gasteiger partial charge in [0.25, 0.3) is 0 Å². The van der Waals surface area contributed by atoms with Crippen molar-refractivity contribution in [2.24, 2.45) is 0 Å². The minimum atomic E-state index is -3.72. The molecule has 0 atom stereocenters. The summed E-state index contributed by atoms with van der Waals surface area (Å²) in [6.45, 7) is 2.32. The van der Waals surface area contributed by atoms with Gasteiger partial charge in [0.05, 0.1) is 22.6 Å². The number of esters is 1. The van der Waals surface area contributed by atoms with Gasteiger partial charge in [-0.2, -0.15) is 0 Å². The third kappa shape index (κ3) is 5.29. The maximum atomic E-state index is 12.4. The summed E-state index contributed by atoms with van der Waals surface area (Å²) in [4.78, 5) is 11.6. The molecule has 0 aliphatic heterocycles. The van der Waals surface area contributed by atoms with Crippen LogP contribution in [0.4, 0.5) is 0 Å². The van der Waals surface area contributed by atoms with Gasteiger partial charge in [-0.15, -0.1) is 0 Å². The summed E-state index contributed by atoms with van der Waals surface area (Å²) in [7, 11) is -2.51. The molecule has 0 fully saturated rings. The van der Waals surface area contributed by atoms with E-state index in [1.807, 2.05) is 25.1 Å². The lowest BCUT2D eigenvalue weighted by atomic mass is 10.1. The Kier molecular flexibility index (Phi) is 6.58. The first kappa shape index (κ1) is 19.4. The van der Waals surface area contributed by atoms with Crippen molar-refractivity contribution in [2.75, 3.05) is 13.7 Å². The Bertz CT molecular complexity index is 865. The molecule has 0 saturated carbocycles. The van der Waals surface area contributed by atoms with E-state index < -0.39 is 16.0 Å². The number of hydrogen-bond donors (Lipinski definition) is 1. The number of rotatable bonds is 7. The molecule has 0 amide bonds. The Morgan fingerprint density at radius 1 is 1.20 bits per heavy atom. The lowest BCUT2D eigenvalue weighted by molar-refractivity contribution is 0.0600. The molecule has 0 aliphatic rings. The molecule has 0 radical (unpaired) electrons. The number of nitrogens with one attached hydrogen (secondary N) is 1. The molecular formula is C18H20ClNO4S. The molecule has 5 nitrogen and oxygen atoms in total. The van der Waals surface area contributed by atoms with E-state index in [0.29, 0.717) is 13.0 Å². The second-order valence-electron chi connectivity index (χ2n) is 5.62. The standard InChI is InChI=1S/C18H20ClNO4S/c1-13-5-3-6-14(11-13)7-4-10-20-25(22,23)15-8-9-17(19)16(12-15)18(21)24-2/h3,5-6,8-9,11-12,20H,4,7,10H2,1-2H3. The van der Waals surface area contributed by atoms with E-state index in [9.17, 15) is 13.2 Å². The summed E-state index contributed by atoms with van der Waals surface area (Å²) in [6, 6.07) is 12.0. The largest absolute Gasteiger partial charge is 0.465 e. The average molecular weight is 382 g/mol. The van der Waals surface area contributed by atoms with Crippen LogP contribution in [0.15, 0.2) is 47.4 Å². The summed E-state index contributed by atoms with van der Waals surface area (Å²) < 4.78 is 31.9. The zero-order chi connectivity index (χ0) is 18.4. The minimum absolute atomic E-state index is 0.0202. The van der Waals surface area contributed by atoms with Crippen LogP contribution in [0.2, 0.25) is 5.02 Å². The zero-order valence-corrected chi connectivity index (χ0v) is 15.7. The Hall–Kier alpha value is -1.89. The Balaban J connectivity index is 2.00. The first-order valence-electron chi connectivity index (χ1n) is 7.76. The molecular weight excluding hydrogens is 362 g/mol. The molecule has 25 heavy (non-hydrogen) atoms. The predicted molar refractivity (Wildman–Crippen MR) is 97.5 cm³/mol. The van der Waals surface area contributed by atoms with Crippen LogP contribution < -0.4 is 4.72 Å². The maximum absolute atomic E-state index is 12.4. The molecule has 134 valence electrons. The van der Waals surface area contributed by atoms with E-state index in [-0.39, 0.29) is 15.5 Å². The predicted octanol–water partition coefficient (Wildman–Crippen LogP) is 3.35. The number of ether oxygens (including phenoxy) is 1. The van der Waals surface area contributed by atoms with Crippen LogP contribution in [0, 0.1) is 6.92 Å².